The number of aryl methyl sites for hydroxylation is 1. The number of hydrogen-bond donors (Lipinski definition) is 2. The van der Waals surface area contributed by atoms with E-state index in [2.05, 4.69) is 20.2 Å². The predicted molar refractivity (Wildman–Crippen MR) is 98.4 cm³/mol. The molecule has 7 heteroatoms. The largest absolute Gasteiger partial charge is 0.349 e. The fraction of sp³-hybridized carbons (Fsp3) is 0.211. The van der Waals surface area contributed by atoms with E-state index in [9.17, 15) is 0 Å². The zero-order chi connectivity index (χ0) is 18.1. The molecule has 0 amide bonds. The number of pyridine rings is 1. The van der Waals surface area contributed by atoms with Crippen molar-refractivity contribution in [2.24, 2.45) is 0 Å². The molecule has 3 aromatic heterocycles. The van der Waals surface area contributed by atoms with E-state index in [4.69, 9.17) is 14.5 Å². The van der Waals surface area contributed by atoms with Crippen molar-refractivity contribution in [3.8, 4) is 22.6 Å². The van der Waals surface area contributed by atoms with E-state index >= 15 is 0 Å². The van der Waals surface area contributed by atoms with Gasteiger partial charge in [-0.1, -0.05) is 12.1 Å². The van der Waals surface area contributed by atoms with Gasteiger partial charge in [-0.15, -0.1) is 0 Å². The van der Waals surface area contributed by atoms with Gasteiger partial charge in [0.2, 0.25) is 6.29 Å². The van der Waals surface area contributed by atoms with E-state index in [1.165, 1.54) is 0 Å². The molecule has 0 unspecified atom stereocenters. The van der Waals surface area contributed by atoms with Crippen LogP contribution in [0.3, 0.4) is 0 Å². The third-order valence-corrected chi connectivity index (χ3v) is 4.23. The van der Waals surface area contributed by atoms with Gasteiger partial charge >= 0.3 is 0 Å². The number of fused-ring (bicyclic) bond motifs is 1. The SMILES string of the molecule is COC(OC)c1nc(-c2ccc3[nH]ncc3c2)c(-c2cccc(C)n2)[nH]1. The highest BCUT2D eigenvalue weighted by molar-refractivity contribution is 5.86. The summed E-state index contributed by atoms with van der Waals surface area (Å²) in [5.41, 5.74) is 5.31. The number of aromatic amines is 2. The minimum Gasteiger partial charge on any atom is -0.349 e. The smallest absolute Gasteiger partial charge is 0.216 e. The Kier molecular flexibility index (Phi) is 4.24. The average molecular weight is 349 g/mol. The maximum absolute atomic E-state index is 5.36. The number of ether oxygens (including phenoxy) is 2. The third kappa shape index (κ3) is 2.87. The molecule has 0 bridgehead atoms. The fourth-order valence-electron chi connectivity index (χ4n) is 2.99. The van der Waals surface area contributed by atoms with Crippen LogP contribution in [0.5, 0.6) is 0 Å². The van der Waals surface area contributed by atoms with Crippen molar-refractivity contribution in [1.82, 2.24) is 25.1 Å². The molecule has 0 saturated carbocycles. The van der Waals surface area contributed by atoms with E-state index < -0.39 is 6.29 Å². The Morgan fingerprint density at radius 3 is 2.65 bits per heavy atom. The second-order valence-corrected chi connectivity index (χ2v) is 5.99. The molecule has 2 N–H and O–H groups in total. The van der Waals surface area contributed by atoms with Gasteiger partial charge in [0.15, 0.2) is 5.82 Å². The second kappa shape index (κ2) is 6.70. The van der Waals surface area contributed by atoms with Gasteiger partial charge in [-0.3, -0.25) is 10.1 Å². The Labute approximate surface area is 150 Å². The van der Waals surface area contributed by atoms with Crippen LogP contribution in [0, 0.1) is 6.92 Å². The topological polar surface area (TPSA) is 88.7 Å². The van der Waals surface area contributed by atoms with E-state index in [0.29, 0.717) is 5.82 Å². The molecule has 0 fully saturated rings. The molecule has 1 aromatic carbocycles. The molecule has 0 saturated heterocycles. The molecule has 0 aliphatic rings. The van der Waals surface area contributed by atoms with Gasteiger partial charge in [-0.25, -0.2) is 4.98 Å². The Bertz CT molecular complexity index is 1050. The van der Waals surface area contributed by atoms with Crippen LogP contribution in [-0.4, -0.2) is 39.4 Å². The first-order chi connectivity index (χ1) is 12.7. The first kappa shape index (κ1) is 16.4. The van der Waals surface area contributed by atoms with Crippen LogP contribution in [0.1, 0.15) is 17.8 Å². The summed E-state index contributed by atoms with van der Waals surface area (Å²) in [7, 11) is 3.16. The maximum Gasteiger partial charge on any atom is 0.216 e. The number of nitrogens with zero attached hydrogens (tertiary/aromatic N) is 3. The van der Waals surface area contributed by atoms with Crippen LogP contribution in [0.2, 0.25) is 0 Å². The van der Waals surface area contributed by atoms with Gasteiger partial charge in [0.25, 0.3) is 0 Å². The number of methoxy groups -OCH3 is 2. The van der Waals surface area contributed by atoms with Crippen molar-refractivity contribution in [3.05, 3.63) is 54.1 Å². The summed E-state index contributed by atoms with van der Waals surface area (Å²) in [6, 6.07) is 11.9. The second-order valence-electron chi connectivity index (χ2n) is 5.99. The molecule has 4 rings (SSSR count). The molecule has 0 aliphatic heterocycles. The van der Waals surface area contributed by atoms with Crippen molar-refractivity contribution >= 4 is 10.9 Å². The summed E-state index contributed by atoms with van der Waals surface area (Å²) in [5.74, 6) is 0.593. The van der Waals surface area contributed by atoms with Gasteiger partial charge in [-0.2, -0.15) is 5.10 Å². The summed E-state index contributed by atoms with van der Waals surface area (Å²) < 4.78 is 10.7. The van der Waals surface area contributed by atoms with Gasteiger partial charge in [0, 0.05) is 30.9 Å². The fourth-order valence-corrected chi connectivity index (χ4v) is 2.99. The summed E-state index contributed by atoms with van der Waals surface area (Å²) in [6.07, 6.45) is 1.22. The molecule has 132 valence electrons. The maximum atomic E-state index is 5.36. The molecule has 0 radical (unpaired) electrons. The highest BCUT2D eigenvalue weighted by Gasteiger charge is 2.21. The lowest BCUT2D eigenvalue weighted by molar-refractivity contribution is -0.111. The molecule has 4 aromatic rings. The minimum atomic E-state index is -0.579. The molecular weight excluding hydrogens is 330 g/mol. The van der Waals surface area contributed by atoms with E-state index in [-0.39, 0.29) is 0 Å². The van der Waals surface area contributed by atoms with Crippen LogP contribution in [-0.2, 0) is 9.47 Å². The zero-order valence-electron chi connectivity index (χ0n) is 14.8. The average Bonchev–Trinajstić information content (AvgIpc) is 3.29. The highest BCUT2D eigenvalue weighted by atomic mass is 16.7. The lowest BCUT2D eigenvalue weighted by Gasteiger charge is -2.09. The number of nitrogens with one attached hydrogen (secondary N) is 2. The first-order valence-electron chi connectivity index (χ1n) is 8.22. The number of benzene rings is 1. The van der Waals surface area contributed by atoms with Gasteiger partial charge in [-0.05, 0) is 31.2 Å². The minimum absolute atomic E-state index is 0.579. The summed E-state index contributed by atoms with van der Waals surface area (Å²) in [4.78, 5) is 12.7. The van der Waals surface area contributed by atoms with Gasteiger partial charge < -0.3 is 14.5 Å². The molecule has 7 nitrogen and oxygen atoms in total. The van der Waals surface area contributed by atoms with Gasteiger partial charge in [0.05, 0.1) is 28.8 Å². The summed E-state index contributed by atoms with van der Waals surface area (Å²) >= 11 is 0. The standard InChI is InChI=1S/C19H19N5O2/c1-11-5-4-6-15(21-11)17-16(22-18(23-17)19(25-2)26-3)12-7-8-14-13(9-12)10-20-24-14/h4-10,19H,1-3H3,(H,20,24)(H,22,23). The summed E-state index contributed by atoms with van der Waals surface area (Å²) in [6.45, 7) is 1.96. The zero-order valence-corrected chi connectivity index (χ0v) is 14.8. The number of imidazole rings is 1. The molecule has 3 heterocycles. The molecule has 0 aliphatic carbocycles. The van der Waals surface area contributed by atoms with E-state index in [1.807, 2.05) is 43.3 Å². The molecule has 0 atom stereocenters. The van der Waals surface area contributed by atoms with E-state index in [1.54, 1.807) is 20.4 Å². The third-order valence-electron chi connectivity index (χ3n) is 4.23. The van der Waals surface area contributed by atoms with Crippen LogP contribution in [0.25, 0.3) is 33.5 Å². The predicted octanol–water partition coefficient (Wildman–Crippen LogP) is 3.61. The first-order valence-corrected chi connectivity index (χ1v) is 8.22. The van der Waals surface area contributed by atoms with Crippen LogP contribution < -0.4 is 0 Å². The molecule has 0 spiro atoms. The Morgan fingerprint density at radius 1 is 1.04 bits per heavy atom. The van der Waals surface area contributed by atoms with Crippen molar-refractivity contribution < 1.29 is 9.47 Å². The number of H-pyrrole nitrogens is 2. The molecule has 26 heavy (non-hydrogen) atoms. The van der Waals surface area contributed by atoms with Crippen molar-refractivity contribution in [1.29, 1.82) is 0 Å². The highest BCUT2D eigenvalue weighted by Crippen LogP contribution is 2.32. The monoisotopic (exact) mass is 349 g/mol. The number of aromatic nitrogens is 5. The van der Waals surface area contributed by atoms with Crippen molar-refractivity contribution in [3.63, 3.8) is 0 Å². The van der Waals surface area contributed by atoms with Crippen molar-refractivity contribution in [2.45, 2.75) is 13.2 Å². The quantitative estimate of drug-likeness (QED) is 0.537. The number of hydrogen-bond acceptors (Lipinski definition) is 5. The Hall–Kier alpha value is -3.03. The van der Waals surface area contributed by atoms with E-state index in [0.717, 1.165) is 39.2 Å². The van der Waals surface area contributed by atoms with Crippen LogP contribution in [0.4, 0.5) is 0 Å². The molecular formula is C19H19N5O2. The van der Waals surface area contributed by atoms with Gasteiger partial charge in [0.1, 0.15) is 0 Å². The van der Waals surface area contributed by atoms with Crippen LogP contribution >= 0.6 is 0 Å². The Morgan fingerprint density at radius 2 is 1.88 bits per heavy atom. The normalized spacial score (nSPS) is 11.5. The lowest BCUT2D eigenvalue weighted by atomic mass is 10.1. The van der Waals surface area contributed by atoms with Crippen molar-refractivity contribution in [2.75, 3.05) is 14.2 Å². The Balaban J connectivity index is 1.90. The lowest BCUT2D eigenvalue weighted by Crippen LogP contribution is -2.05. The van der Waals surface area contributed by atoms with Crippen LogP contribution in [0.15, 0.2) is 42.6 Å². The summed E-state index contributed by atoms with van der Waals surface area (Å²) in [5, 5.41) is 8.06. The number of rotatable bonds is 5.